The van der Waals surface area contributed by atoms with Crippen molar-refractivity contribution in [3.8, 4) is 22.7 Å². The SMILES string of the molecule is Cc1cc(F)ccc1-c1ccc(C(=O)NCc2nc(-c3ccco3)n[nH]2)cc1F. The van der Waals surface area contributed by atoms with Gasteiger partial charge in [-0.05, 0) is 54.4 Å². The van der Waals surface area contributed by atoms with Crippen molar-refractivity contribution >= 4 is 5.91 Å². The summed E-state index contributed by atoms with van der Waals surface area (Å²) in [5.41, 5.74) is 1.65. The van der Waals surface area contributed by atoms with Crippen LogP contribution in [0, 0.1) is 18.6 Å². The Morgan fingerprint density at radius 3 is 2.69 bits per heavy atom. The Morgan fingerprint density at radius 2 is 1.97 bits per heavy atom. The summed E-state index contributed by atoms with van der Waals surface area (Å²) in [6.45, 7) is 1.79. The zero-order valence-electron chi connectivity index (χ0n) is 15.4. The number of amides is 1. The molecule has 0 aliphatic rings. The van der Waals surface area contributed by atoms with Gasteiger partial charge >= 0.3 is 0 Å². The van der Waals surface area contributed by atoms with E-state index in [4.69, 9.17) is 4.42 Å². The summed E-state index contributed by atoms with van der Waals surface area (Å²) in [6, 6.07) is 11.8. The molecule has 6 nitrogen and oxygen atoms in total. The van der Waals surface area contributed by atoms with Crippen molar-refractivity contribution in [2.75, 3.05) is 0 Å². The molecule has 0 aliphatic carbocycles. The van der Waals surface area contributed by atoms with Gasteiger partial charge in [0.15, 0.2) is 5.76 Å². The zero-order valence-corrected chi connectivity index (χ0v) is 15.4. The van der Waals surface area contributed by atoms with E-state index in [1.54, 1.807) is 19.1 Å². The number of nitrogens with one attached hydrogen (secondary N) is 2. The van der Waals surface area contributed by atoms with E-state index < -0.39 is 11.7 Å². The molecule has 0 fully saturated rings. The summed E-state index contributed by atoms with van der Waals surface area (Å²) in [6.07, 6.45) is 1.51. The Bertz CT molecular complexity index is 1170. The molecule has 8 heteroatoms. The Hall–Kier alpha value is -3.81. The molecule has 2 aromatic heterocycles. The summed E-state index contributed by atoms with van der Waals surface area (Å²) < 4.78 is 33.1. The van der Waals surface area contributed by atoms with Gasteiger partial charge in [0, 0.05) is 11.1 Å². The van der Waals surface area contributed by atoms with Crippen LogP contribution in [-0.4, -0.2) is 21.1 Å². The normalized spacial score (nSPS) is 10.9. The highest BCUT2D eigenvalue weighted by Gasteiger charge is 2.14. The smallest absolute Gasteiger partial charge is 0.251 e. The molecule has 0 aliphatic heterocycles. The fourth-order valence-corrected chi connectivity index (χ4v) is 2.96. The third-order valence-electron chi connectivity index (χ3n) is 4.40. The minimum absolute atomic E-state index is 0.0903. The van der Waals surface area contributed by atoms with E-state index >= 15 is 0 Å². The predicted molar refractivity (Wildman–Crippen MR) is 102 cm³/mol. The van der Waals surface area contributed by atoms with Crippen molar-refractivity contribution < 1.29 is 18.0 Å². The molecule has 146 valence electrons. The maximum Gasteiger partial charge on any atom is 0.251 e. The number of hydrogen-bond acceptors (Lipinski definition) is 4. The largest absolute Gasteiger partial charge is 0.461 e. The molecule has 1 amide bonds. The van der Waals surface area contributed by atoms with E-state index in [1.807, 2.05) is 0 Å². The first-order valence-corrected chi connectivity index (χ1v) is 8.80. The molecule has 0 radical (unpaired) electrons. The fraction of sp³-hybridized carbons (Fsp3) is 0.0952. The highest BCUT2D eigenvalue weighted by atomic mass is 19.1. The molecule has 2 heterocycles. The van der Waals surface area contributed by atoms with Gasteiger partial charge in [0.2, 0.25) is 5.82 Å². The zero-order chi connectivity index (χ0) is 20.4. The van der Waals surface area contributed by atoms with Gasteiger partial charge in [0.05, 0.1) is 12.8 Å². The third kappa shape index (κ3) is 3.91. The Kier molecular flexibility index (Phi) is 4.90. The van der Waals surface area contributed by atoms with Crippen molar-refractivity contribution in [1.82, 2.24) is 20.5 Å². The lowest BCUT2D eigenvalue weighted by Gasteiger charge is -2.09. The highest BCUT2D eigenvalue weighted by Crippen LogP contribution is 2.27. The first-order chi connectivity index (χ1) is 14.0. The maximum atomic E-state index is 14.6. The predicted octanol–water partition coefficient (Wildman–Crippen LogP) is 4.25. The number of aromatic nitrogens is 3. The van der Waals surface area contributed by atoms with Crippen LogP contribution >= 0.6 is 0 Å². The number of rotatable bonds is 5. The van der Waals surface area contributed by atoms with Gasteiger partial charge in [0.1, 0.15) is 17.5 Å². The number of hydrogen-bond donors (Lipinski definition) is 2. The van der Waals surface area contributed by atoms with Gasteiger partial charge in [-0.3, -0.25) is 9.89 Å². The second-order valence-corrected chi connectivity index (χ2v) is 6.42. The number of carbonyl (C=O) groups is 1. The molecule has 0 bridgehead atoms. The number of halogens is 2. The molecule has 0 unspecified atom stereocenters. The van der Waals surface area contributed by atoms with E-state index in [-0.39, 0.29) is 17.9 Å². The summed E-state index contributed by atoms with van der Waals surface area (Å²) in [5, 5.41) is 9.39. The molecule has 2 aromatic carbocycles. The molecular weight excluding hydrogens is 378 g/mol. The first-order valence-electron chi connectivity index (χ1n) is 8.80. The van der Waals surface area contributed by atoms with Gasteiger partial charge in [-0.2, -0.15) is 0 Å². The molecule has 0 atom stereocenters. The molecule has 0 saturated carbocycles. The van der Waals surface area contributed by atoms with Crippen molar-refractivity contribution in [2.45, 2.75) is 13.5 Å². The Morgan fingerprint density at radius 1 is 1.14 bits per heavy atom. The van der Waals surface area contributed by atoms with Crippen molar-refractivity contribution in [2.24, 2.45) is 0 Å². The van der Waals surface area contributed by atoms with Crippen LogP contribution in [0.2, 0.25) is 0 Å². The number of H-pyrrole nitrogens is 1. The van der Waals surface area contributed by atoms with Crippen molar-refractivity contribution in [3.05, 3.63) is 83.4 Å². The van der Waals surface area contributed by atoms with E-state index in [1.165, 1.54) is 36.6 Å². The van der Waals surface area contributed by atoms with E-state index in [0.29, 0.717) is 34.1 Å². The second kappa shape index (κ2) is 7.67. The number of benzene rings is 2. The molecule has 0 saturated heterocycles. The average molecular weight is 394 g/mol. The molecule has 29 heavy (non-hydrogen) atoms. The summed E-state index contributed by atoms with van der Waals surface area (Å²) >= 11 is 0. The number of aryl methyl sites for hydroxylation is 1. The van der Waals surface area contributed by atoms with Gasteiger partial charge in [-0.25, -0.2) is 13.8 Å². The quantitative estimate of drug-likeness (QED) is 0.530. The van der Waals surface area contributed by atoms with Gasteiger partial charge in [0.25, 0.3) is 5.91 Å². The molecule has 2 N–H and O–H groups in total. The maximum absolute atomic E-state index is 14.6. The lowest BCUT2D eigenvalue weighted by atomic mass is 9.98. The minimum Gasteiger partial charge on any atom is -0.461 e. The van der Waals surface area contributed by atoms with Gasteiger partial charge in [-0.15, -0.1) is 5.10 Å². The van der Waals surface area contributed by atoms with E-state index in [2.05, 4.69) is 20.5 Å². The fourth-order valence-electron chi connectivity index (χ4n) is 2.96. The van der Waals surface area contributed by atoms with Gasteiger partial charge in [-0.1, -0.05) is 12.1 Å². The van der Waals surface area contributed by atoms with E-state index in [0.717, 1.165) is 6.07 Å². The topological polar surface area (TPSA) is 83.8 Å². The van der Waals surface area contributed by atoms with Crippen LogP contribution < -0.4 is 5.32 Å². The number of nitrogens with zero attached hydrogens (tertiary/aromatic N) is 2. The summed E-state index contributed by atoms with van der Waals surface area (Å²) in [4.78, 5) is 16.6. The Balaban J connectivity index is 1.46. The Labute approximate surface area is 164 Å². The lowest BCUT2D eigenvalue weighted by molar-refractivity contribution is 0.0949. The molecule has 4 aromatic rings. The molecular formula is C21H16F2N4O2. The monoisotopic (exact) mass is 394 g/mol. The van der Waals surface area contributed by atoms with Crippen LogP contribution in [0.1, 0.15) is 21.7 Å². The van der Waals surface area contributed by atoms with Crippen LogP contribution in [-0.2, 0) is 6.54 Å². The number of furan rings is 1. The first kappa shape index (κ1) is 18.5. The third-order valence-corrected chi connectivity index (χ3v) is 4.40. The van der Waals surface area contributed by atoms with Crippen LogP contribution in [0.3, 0.4) is 0 Å². The number of carbonyl (C=O) groups excluding carboxylic acids is 1. The van der Waals surface area contributed by atoms with Crippen molar-refractivity contribution in [3.63, 3.8) is 0 Å². The molecule has 0 spiro atoms. The van der Waals surface area contributed by atoms with Crippen LogP contribution in [0.15, 0.2) is 59.2 Å². The van der Waals surface area contributed by atoms with Gasteiger partial charge < -0.3 is 9.73 Å². The van der Waals surface area contributed by atoms with Crippen LogP contribution in [0.4, 0.5) is 8.78 Å². The minimum atomic E-state index is -0.563. The van der Waals surface area contributed by atoms with Crippen molar-refractivity contribution in [1.29, 1.82) is 0 Å². The average Bonchev–Trinajstić information content (AvgIpc) is 3.38. The van der Waals surface area contributed by atoms with Crippen LogP contribution in [0.25, 0.3) is 22.7 Å². The highest BCUT2D eigenvalue weighted by molar-refractivity contribution is 5.94. The second-order valence-electron chi connectivity index (χ2n) is 6.42. The standard InChI is InChI=1S/C21H16F2N4O2/c1-12-9-14(22)5-7-15(12)16-6-4-13(10-17(16)23)21(28)24-11-19-25-20(27-26-19)18-3-2-8-29-18/h2-10H,11H2,1H3,(H,24,28)(H,25,26,27). The molecule has 4 rings (SSSR count). The summed E-state index contributed by atoms with van der Waals surface area (Å²) in [5.74, 6) is -0.0831. The lowest BCUT2D eigenvalue weighted by Crippen LogP contribution is -2.23. The number of aromatic amines is 1. The van der Waals surface area contributed by atoms with Crippen LogP contribution in [0.5, 0.6) is 0 Å². The van der Waals surface area contributed by atoms with E-state index in [9.17, 15) is 13.6 Å². The summed E-state index contributed by atoms with van der Waals surface area (Å²) in [7, 11) is 0.